The fourth-order valence-electron chi connectivity index (χ4n) is 3.30. The first kappa shape index (κ1) is 16.8. The molecule has 10 heteroatoms. The topological polar surface area (TPSA) is 82.1 Å². The maximum absolute atomic E-state index is 6.21. The predicted molar refractivity (Wildman–Crippen MR) is 89.8 cm³/mol. The third kappa shape index (κ3) is 3.37. The summed E-state index contributed by atoms with van der Waals surface area (Å²) >= 11 is 6.21. The van der Waals surface area contributed by atoms with Gasteiger partial charge in [-0.2, -0.15) is 15.0 Å². The molecule has 0 aromatic carbocycles. The van der Waals surface area contributed by atoms with E-state index in [0.29, 0.717) is 58.1 Å². The molecule has 0 unspecified atom stereocenters. The molecule has 0 saturated carbocycles. The quantitative estimate of drug-likeness (QED) is 0.705. The highest BCUT2D eigenvalue weighted by atomic mass is 35.5. The van der Waals surface area contributed by atoms with Gasteiger partial charge in [0.15, 0.2) is 0 Å². The number of halogens is 1. The molecule has 0 spiro atoms. The molecule has 1 aromatic heterocycles. The van der Waals surface area contributed by atoms with Crippen LogP contribution in [-0.2, 0) is 18.9 Å². The fourth-order valence-corrected chi connectivity index (χ4v) is 3.46. The van der Waals surface area contributed by atoms with Gasteiger partial charge in [-0.1, -0.05) is 0 Å². The van der Waals surface area contributed by atoms with Crippen molar-refractivity contribution < 1.29 is 18.9 Å². The fraction of sp³-hybridized carbons (Fsp3) is 0.667. The minimum atomic E-state index is 0.0810. The molecule has 0 radical (unpaired) electrons. The van der Waals surface area contributed by atoms with Crippen molar-refractivity contribution in [2.45, 2.75) is 12.1 Å². The van der Waals surface area contributed by atoms with E-state index >= 15 is 0 Å². The van der Waals surface area contributed by atoms with Crippen molar-refractivity contribution in [1.29, 1.82) is 0 Å². The minimum absolute atomic E-state index is 0.0810. The summed E-state index contributed by atoms with van der Waals surface area (Å²) in [6.45, 7) is 3.97. The van der Waals surface area contributed by atoms with Gasteiger partial charge in [-0.15, -0.1) is 0 Å². The number of aromatic nitrogens is 3. The van der Waals surface area contributed by atoms with Crippen LogP contribution in [0.2, 0.25) is 5.28 Å². The Morgan fingerprint density at radius 2 is 1.72 bits per heavy atom. The van der Waals surface area contributed by atoms with Crippen LogP contribution in [-0.4, -0.2) is 80.3 Å². The van der Waals surface area contributed by atoms with Crippen molar-refractivity contribution >= 4 is 23.5 Å². The lowest BCUT2D eigenvalue weighted by atomic mass is 10.1. The maximum Gasteiger partial charge on any atom is 0.236 e. The van der Waals surface area contributed by atoms with Crippen LogP contribution < -0.4 is 9.80 Å². The van der Waals surface area contributed by atoms with Gasteiger partial charge in [0.2, 0.25) is 17.2 Å². The molecular weight excluding hydrogens is 350 g/mol. The van der Waals surface area contributed by atoms with E-state index in [1.165, 1.54) is 0 Å². The van der Waals surface area contributed by atoms with E-state index in [2.05, 4.69) is 19.9 Å². The highest BCUT2D eigenvalue weighted by Gasteiger charge is 2.38. The lowest BCUT2D eigenvalue weighted by molar-refractivity contribution is -0.0355. The van der Waals surface area contributed by atoms with Crippen molar-refractivity contribution in [3.05, 3.63) is 17.2 Å². The normalized spacial score (nSPS) is 28.3. The summed E-state index contributed by atoms with van der Waals surface area (Å²) in [5.74, 6) is 1.05. The molecular formula is C15H20ClN5O4. The lowest BCUT2D eigenvalue weighted by Crippen LogP contribution is -2.60. The zero-order valence-corrected chi connectivity index (χ0v) is 14.7. The largest absolute Gasteiger partial charge is 0.502 e. The second-order valence-corrected chi connectivity index (χ2v) is 6.38. The van der Waals surface area contributed by atoms with E-state index in [9.17, 15) is 0 Å². The molecule has 4 heterocycles. The Bertz CT molecular complexity index is 639. The van der Waals surface area contributed by atoms with Crippen LogP contribution in [0.5, 0.6) is 0 Å². The van der Waals surface area contributed by atoms with E-state index < -0.39 is 0 Å². The second kappa shape index (κ2) is 7.28. The first-order valence-electron chi connectivity index (χ1n) is 8.19. The highest BCUT2D eigenvalue weighted by Crippen LogP contribution is 2.28. The van der Waals surface area contributed by atoms with Gasteiger partial charge in [-0.25, -0.2) is 0 Å². The summed E-state index contributed by atoms with van der Waals surface area (Å²) in [5.41, 5.74) is 0.840. The summed E-state index contributed by atoms with van der Waals surface area (Å²) in [6.07, 6.45) is 1.63. The van der Waals surface area contributed by atoms with Gasteiger partial charge in [0.25, 0.3) is 0 Å². The Morgan fingerprint density at radius 3 is 2.40 bits per heavy atom. The monoisotopic (exact) mass is 369 g/mol. The van der Waals surface area contributed by atoms with Gasteiger partial charge in [-0.3, -0.25) is 0 Å². The van der Waals surface area contributed by atoms with Gasteiger partial charge in [0.1, 0.15) is 6.26 Å². The Morgan fingerprint density at radius 1 is 1.04 bits per heavy atom. The van der Waals surface area contributed by atoms with Crippen LogP contribution >= 0.6 is 11.6 Å². The van der Waals surface area contributed by atoms with Crippen LogP contribution in [0.4, 0.5) is 11.9 Å². The van der Waals surface area contributed by atoms with E-state index in [4.69, 9.17) is 30.5 Å². The molecule has 3 aliphatic heterocycles. The third-order valence-corrected chi connectivity index (χ3v) is 4.56. The number of ether oxygens (including phenoxy) is 4. The number of nitrogens with zero attached hydrogens (tertiary/aromatic N) is 5. The third-order valence-electron chi connectivity index (χ3n) is 4.39. The molecule has 3 fully saturated rings. The van der Waals surface area contributed by atoms with Crippen molar-refractivity contribution in [3.8, 4) is 0 Å². The summed E-state index contributed by atoms with van der Waals surface area (Å²) in [7, 11) is 1.60. The van der Waals surface area contributed by atoms with Crippen LogP contribution in [0.25, 0.3) is 0 Å². The number of hydrogen-bond acceptors (Lipinski definition) is 9. The molecule has 4 rings (SSSR count). The zero-order valence-electron chi connectivity index (χ0n) is 13.9. The summed E-state index contributed by atoms with van der Waals surface area (Å²) < 4.78 is 21.9. The number of methoxy groups -OCH3 is 1. The van der Waals surface area contributed by atoms with Crippen LogP contribution in [0.15, 0.2) is 12.0 Å². The van der Waals surface area contributed by atoms with Crippen LogP contribution in [0.3, 0.4) is 0 Å². The lowest BCUT2D eigenvalue weighted by Gasteiger charge is -2.45. The molecule has 0 aliphatic carbocycles. The Hall–Kier alpha value is -1.68. The number of anilines is 2. The number of rotatable bonds is 3. The van der Waals surface area contributed by atoms with Gasteiger partial charge in [0, 0.05) is 6.54 Å². The van der Waals surface area contributed by atoms with Crippen LogP contribution in [0.1, 0.15) is 0 Å². The smallest absolute Gasteiger partial charge is 0.236 e. The molecule has 0 atom stereocenters. The van der Waals surface area contributed by atoms with Crippen LogP contribution in [0, 0.1) is 0 Å². The summed E-state index contributed by atoms with van der Waals surface area (Å²) in [6, 6.07) is 0.162. The van der Waals surface area contributed by atoms with E-state index in [0.717, 1.165) is 5.70 Å². The van der Waals surface area contributed by atoms with E-state index in [1.54, 1.807) is 13.4 Å². The van der Waals surface area contributed by atoms with Gasteiger partial charge in [-0.05, 0) is 11.6 Å². The molecule has 0 N–H and O–H groups in total. The van der Waals surface area contributed by atoms with Crippen molar-refractivity contribution in [1.82, 2.24) is 15.0 Å². The zero-order chi connectivity index (χ0) is 17.2. The average Bonchev–Trinajstić information content (AvgIpc) is 2.61. The Balaban J connectivity index is 1.68. The van der Waals surface area contributed by atoms with Crippen molar-refractivity contribution in [2.24, 2.45) is 0 Å². The second-order valence-electron chi connectivity index (χ2n) is 6.04. The summed E-state index contributed by atoms with van der Waals surface area (Å²) in [5, 5.41) is 0.161. The molecule has 136 valence electrons. The molecule has 0 amide bonds. The molecule has 9 nitrogen and oxygen atoms in total. The van der Waals surface area contributed by atoms with Crippen molar-refractivity contribution in [2.75, 3.05) is 63.1 Å². The standard InChI is InChI=1S/C15H20ClN5O4/c1-22-4-10-5-23-3-2-20(10)14-17-13(16)18-15(19-14)21-11-6-24-8-12(21)9-25-7-11/h4,11-12H,2-3,5-9H2,1H3/b10-4+. The SMILES string of the molecule is CO/C=C1\COCCN1c1nc(Cl)nc(N2C3COCC2COC3)n1. The van der Waals surface area contributed by atoms with Crippen molar-refractivity contribution in [3.63, 3.8) is 0 Å². The number of hydrogen-bond donors (Lipinski definition) is 0. The highest BCUT2D eigenvalue weighted by molar-refractivity contribution is 6.28. The summed E-state index contributed by atoms with van der Waals surface area (Å²) in [4.78, 5) is 17.4. The molecule has 25 heavy (non-hydrogen) atoms. The minimum Gasteiger partial charge on any atom is -0.502 e. The predicted octanol–water partition coefficient (Wildman–Crippen LogP) is 0.453. The number of fused-ring (bicyclic) bond motifs is 2. The van der Waals surface area contributed by atoms with Gasteiger partial charge >= 0.3 is 0 Å². The van der Waals surface area contributed by atoms with E-state index in [-0.39, 0.29) is 17.4 Å². The first-order chi connectivity index (χ1) is 12.3. The van der Waals surface area contributed by atoms with E-state index in [1.807, 2.05) is 4.90 Å². The first-order valence-corrected chi connectivity index (χ1v) is 8.56. The van der Waals surface area contributed by atoms with Gasteiger partial charge in [0.05, 0.1) is 64.5 Å². The maximum atomic E-state index is 6.21. The number of morpholine rings is 3. The molecule has 3 saturated heterocycles. The average molecular weight is 370 g/mol. The Labute approximate surface area is 150 Å². The molecule has 1 aromatic rings. The molecule has 3 aliphatic rings. The van der Waals surface area contributed by atoms with Gasteiger partial charge < -0.3 is 28.7 Å². The molecule has 2 bridgehead atoms. The Kier molecular flexibility index (Phi) is 4.89.